The van der Waals surface area contributed by atoms with E-state index in [4.69, 9.17) is 37.5 Å². The number of methoxy groups -OCH3 is 2. The summed E-state index contributed by atoms with van der Waals surface area (Å²) in [6.45, 7) is 2.22. The van der Waals surface area contributed by atoms with Gasteiger partial charge in [-0.15, -0.1) is 9.05 Å². The maximum atomic E-state index is 15.0. The minimum absolute atomic E-state index is 0.0620. The molecule has 2 aliphatic rings. The molecule has 0 spiro atoms. The Bertz CT molecular complexity index is 4490. The molecule has 94 heavy (non-hydrogen) atoms. The van der Waals surface area contributed by atoms with Crippen molar-refractivity contribution in [3.8, 4) is 11.5 Å². The number of hydrogen-bond donors (Lipinski definition) is 0. The Morgan fingerprint density at radius 2 is 0.798 bits per heavy atom. The highest BCUT2D eigenvalue weighted by Gasteiger charge is 2.50. The number of carbonyl (C=O) groups is 2. The molecule has 19 nitrogen and oxygen atoms in total. The maximum absolute atomic E-state index is 15.0. The van der Waals surface area contributed by atoms with E-state index >= 15 is 0 Å². The van der Waals surface area contributed by atoms with Crippen LogP contribution in [-0.2, 0) is 43.8 Å². The lowest BCUT2D eigenvalue weighted by molar-refractivity contribution is -0.100. The molecule has 476 valence electrons. The summed E-state index contributed by atoms with van der Waals surface area (Å²) in [5.74, 6) is -0.485. The van der Waals surface area contributed by atoms with Gasteiger partial charge in [-0.2, -0.15) is 9.13 Å². The predicted octanol–water partition coefficient (Wildman–Crippen LogP) is 11.1. The van der Waals surface area contributed by atoms with Crippen LogP contribution in [0.25, 0.3) is 0 Å². The molecule has 10 aromatic rings. The first-order valence-electron chi connectivity index (χ1n) is 30.5. The van der Waals surface area contributed by atoms with E-state index in [2.05, 4.69) is 0 Å². The van der Waals surface area contributed by atoms with Crippen molar-refractivity contribution in [3.63, 3.8) is 0 Å². The monoisotopic (exact) mass is 1280 g/mol. The summed E-state index contributed by atoms with van der Waals surface area (Å²) in [5.41, 5.74) is -1.66. The highest BCUT2D eigenvalue weighted by atomic mass is 31.1. The molecular weight excluding hydrogens is 1220 g/mol. The van der Waals surface area contributed by atoms with E-state index in [-0.39, 0.29) is 41.7 Å². The fourth-order valence-electron chi connectivity index (χ4n) is 12.4. The second-order valence-electron chi connectivity index (χ2n) is 22.8. The van der Waals surface area contributed by atoms with Crippen LogP contribution in [0, 0.1) is 13.8 Å². The van der Waals surface area contributed by atoms with Crippen molar-refractivity contribution in [3.05, 3.63) is 340 Å². The molecule has 0 saturated carbocycles. The SMILES string of the molecule is COc1ccc(C(OC[C@H]2O[C@@H](n3cc(C)c(=O)n(C(=O)c4ccccc4)c3=O)C[C@@H]2O[P+](=O)OC[C@H]2O[C@@H](n3cc(C)c(=O)n(C(=O)c4ccccc4)c3=O)C[C@@H]2OC(c2ccccc2)(c2ccccc2)c2ccc(OC)cc2)(c2ccccc2)c2ccccc2)cc1. The van der Waals surface area contributed by atoms with Crippen LogP contribution >= 0.6 is 8.25 Å². The number of nitrogens with zero attached hydrogens (tertiary/aromatic N) is 4. The van der Waals surface area contributed by atoms with Crippen molar-refractivity contribution in [2.75, 3.05) is 27.4 Å². The molecule has 0 aliphatic carbocycles. The summed E-state index contributed by atoms with van der Waals surface area (Å²) in [4.78, 5) is 85.1. The first-order valence-corrected chi connectivity index (χ1v) is 31.6. The smallest absolute Gasteiger partial charge is 0.497 e. The number of benzene rings is 8. The van der Waals surface area contributed by atoms with E-state index < -0.39 is 97.2 Å². The molecule has 12 rings (SSSR count). The van der Waals surface area contributed by atoms with E-state index in [1.807, 2.05) is 170 Å². The third kappa shape index (κ3) is 12.7. The topological polar surface area (TPSA) is 213 Å². The number of aryl methyl sites for hydroxylation is 2. The summed E-state index contributed by atoms with van der Waals surface area (Å²) < 4.78 is 70.9. The molecule has 0 radical (unpaired) electrons. The molecule has 2 saturated heterocycles. The van der Waals surface area contributed by atoms with Gasteiger partial charge in [-0.25, -0.2) is 9.59 Å². The van der Waals surface area contributed by atoms with Gasteiger partial charge in [0.1, 0.15) is 60.1 Å². The van der Waals surface area contributed by atoms with Gasteiger partial charge < -0.3 is 28.4 Å². The van der Waals surface area contributed by atoms with Gasteiger partial charge in [0, 0.05) is 52.1 Å². The average molecular weight is 1280 g/mol. The first-order chi connectivity index (χ1) is 45.7. The van der Waals surface area contributed by atoms with Crippen molar-refractivity contribution in [1.29, 1.82) is 0 Å². The van der Waals surface area contributed by atoms with E-state index in [0.717, 1.165) is 15.7 Å². The Morgan fingerprint density at radius 3 is 1.19 bits per heavy atom. The Morgan fingerprint density at radius 1 is 0.457 bits per heavy atom. The number of carbonyl (C=O) groups excluding carboxylic acids is 2. The Kier molecular flexibility index (Phi) is 19.1. The van der Waals surface area contributed by atoms with Crippen molar-refractivity contribution < 1.29 is 51.6 Å². The van der Waals surface area contributed by atoms with Crippen LogP contribution in [0.1, 0.15) is 90.5 Å². The second kappa shape index (κ2) is 28.0. The van der Waals surface area contributed by atoms with Crippen molar-refractivity contribution >= 4 is 20.1 Å². The van der Waals surface area contributed by atoms with Crippen LogP contribution in [-0.4, -0.2) is 81.9 Å². The van der Waals surface area contributed by atoms with Gasteiger partial charge in [-0.05, 0) is 95.8 Å². The third-order valence-electron chi connectivity index (χ3n) is 17.1. The molecule has 2 fully saturated rings. The van der Waals surface area contributed by atoms with E-state index in [1.165, 1.54) is 55.1 Å². The zero-order valence-electron chi connectivity index (χ0n) is 51.7. The standard InChI is InChI=1S/C74H66N4O15P/c1-49-45-75(71(83)77(67(49)79)69(81)51-23-11-5-12-24-51)65-43-61(92-74(55-31-19-9-20-32-55,56-33-21-10-22-34-56)58-37-41-60(87-4)42-38-58)64(91-65)48-89-94(85)93-62-44-66(76-46-50(2)68(80)78(72(76)84)70(82)52-25-13-6-14-26-52)90-63(62)47-88-73(53-27-15-7-16-28-53,54-29-17-8-18-30-54)57-35-39-59(86-3)40-36-57/h5-42,45-46,61-66H,43-44,47-48H2,1-4H3/q+1/t61-,62-,63+,64+,65+,66+/m0/s1. The van der Waals surface area contributed by atoms with Crippen molar-refractivity contribution in [2.45, 2.75) is 74.8 Å². The van der Waals surface area contributed by atoms with Gasteiger partial charge in [0.05, 0.1) is 26.9 Å². The summed E-state index contributed by atoms with van der Waals surface area (Å²) in [6.07, 6.45) is -4.52. The zero-order valence-corrected chi connectivity index (χ0v) is 52.6. The minimum atomic E-state index is -3.18. The number of hydrogen-bond acceptors (Lipinski definition) is 15. The van der Waals surface area contributed by atoms with Gasteiger partial charge in [0.2, 0.25) is 0 Å². The molecule has 0 N–H and O–H groups in total. The third-order valence-corrected chi connectivity index (χ3v) is 17.9. The number of rotatable bonds is 22. The van der Waals surface area contributed by atoms with Crippen LogP contribution in [0.3, 0.4) is 0 Å². The molecule has 0 bridgehead atoms. The van der Waals surface area contributed by atoms with Crippen LogP contribution in [0.5, 0.6) is 11.5 Å². The summed E-state index contributed by atoms with van der Waals surface area (Å²) in [7, 11) is -0.0338. The summed E-state index contributed by atoms with van der Waals surface area (Å²) in [5, 5.41) is 0. The van der Waals surface area contributed by atoms with E-state index in [9.17, 15) is 33.3 Å². The van der Waals surface area contributed by atoms with Crippen LogP contribution in [0.4, 0.5) is 0 Å². The van der Waals surface area contributed by atoms with Gasteiger partial charge in [-0.3, -0.25) is 28.3 Å². The Labute approximate surface area is 541 Å². The van der Waals surface area contributed by atoms with Crippen molar-refractivity contribution in [1.82, 2.24) is 18.3 Å². The Hall–Kier alpha value is -10.1. The van der Waals surface area contributed by atoms with E-state index in [1.54, 1.807) is 50.6 Å². The van der Waals surface area contributed by atoms with Crippen LogP contribution < -0.4 is 32.0 Å². The maximum Gasteiger partial charge on any atom is 0.697 e. The summed E-state index contributed by atoms with van der Waals surface area (Å²) in [6, 6.07) is 69.0. The van der Waals surface area contributed by atoms with Gasteiger partial charge in [-0.1, -0.05) is 182 Å². The molecule has 0 amide bonds. The van der Waals surface area contributed by atoms with E-state index in [0.29, 0.717) is 42.9 Å². The molecule has 2 aliphatic heterocycles. The second-order valence-corrected chi connectivity index (χ2v) is 23.7. The highest BCUT2D eigenvalue weighted by Crippen LogP contribution is 2.47. The quantitative estimate of drug-likeness (QED) is 0.0456. The number of ether oxygens (including phenoxy) is 6. The lowest BCUT2D eigenvalue weighted by Crippen LogP contribution is -2.45. The Balaban J connectivity index is 0.920. The zero-order chi connectivity index (χ0) is 65.5. The van der Waals surface area contributed by atoms with Gasteiger partial charge in [0.15, 0.2) is 0 Å². The van der Waals surface area contributed by atoms with Crippen LogP contribution in [0.2, 0.25) is 0 Å². The fraction of sp³-hybridized carbons (Fsp3) is 0.216. The van der Waals surface area contributed by atoms with Crippen molar-refractivity contribution in [2.24, 2.45) is 0 Å². The molecule has 4 heterocycles. The molecule has 8 aromatic carbocycles. The first kappa shape index (κ1) is 64.0. The molecule has 20 heteroatoms. The normalized spacial score (nSPS) is 18.1. The molecular formula is C74H66N4O15P+. The summed E-state index contributed by atoms with van der Waals surface area (Å²) >= 11 is 0. The fourth-order valence-corrected chi connectivity index (χ4v) is 13.1. The molecule has 2 aromatic heterocycles. The van der Waals surface area contributed by atoms with Gasteiger partial charge >= 0.3 is 19.6 Å². The number of aromatic nitrogens is 4. The highest BCUT2D eigenvalue weighted by molar-refractivity contribution is 7.33. The van der Waals surface area contributed by atoms with Crippen LogP contribution in [0.15, 0.2) is 262 Å². The predicted molar refractivity (Wildman–Crippen MR) is 350 cm³/mol. The molecule has 7 atom stereocenters. The largest absolute Gasteiger partial charge is 0.697 e. The molecule has 1 unspecified atom stereocenters. The lowest BCUT2D eigenvalue weighted by Gasteiger charge is -2.39. The average Bonchev–Trinajstić information content (AvgIpc) is 1.30. The van der Waals surface area contributed by atoms with Gasteiger partial charge in [0.25, 0.3) is 22.9 Å². The lowest BCUT2D eigenvalue weighted by atomic mass is 9.79. The minimum Gasteiger partial charge on any atom is -0.497 e.